The summed E-state index contributed by atoms with van der Waals surface area (Å²) in [5.74, 6) is -0.523. The Kier molecular flexibility index (Phi) is 5.40. The highest BCUT2D eigenvalue weighted by Crippen LogP contribution is 2.34. The highest BCUT2D eigenvalue weighted by atomic mass is 16.2. The number of amides is 2. The number of rotatable bonds is 4. The minimum atomic E-state index is -0.278. The predicted molar refractivity (Wildman–Crippen MR) is 119 cm³/mol. The van der Waals surface area contributed by atoms with Crippen LogP contribution < -0.4 is 5.32 Å². The number of carbonyl (C=O) groups is 2. The van der Waals surface area contributed by atoms with Crippen LogP contribution in [-0.4, -0.2) is 22.8 Å². The largest absolute Gasteiger partial charge is 0.350 e. The zero-order valence-electron chi connectivity index (χ0n) is 18.4. The van der Waals surface area contributed by atoms with Crippen LogP contribution >= 0.6 is 0 Å². The maximum atomic E-state index is 13.2. The summed E-state index contributed by atoms with van der Waals surface area (Å²) in [7, 11) is 0. The Morgan fingerprint density at radius 2 is 1.52 bits per heavy atom. The number of hydrogen-bond donors (Lipinski definition) is 1. The third-order valence-corrected chi connectivity index (χ3v) is 5.30. The second kappa shape index (κ2) is 7.51. The van der Waals surface area contributed by atoms with Gasteiger partial charge in [-0.05, 0) is 61.9 Å². The van der Waals surface area contributed by atoms with Gasteiger partial charge in [0.25, 0.3) is 11.8 Å². The zero-order valence-corrected chi connectivity index (χ0v) is 18.4. The van der Waals surface area contributed by atoms with Gasteiger partial charge >= 0.3 is 0 Å². The quantitative estimate of drug-likeness (QED) is 0.730. The zero-order chi connectivity index (χ0) is 21.5. The van der Waals surface area contributed by atoms with Crippen molar-refractivity contribution in [2.24, 2.45) is 0 Å². The van der Waals surface area contributed by atoms with Gasteiger partial charge in [0.1, 0.15) is 5.70 Å². The van der Waals surface area contributed by atoms with E-state index in [-0.39, 0.29) is 23.3 Å². The molecule has 152 valence electrons. The number of nitrogens with zero attached hydrogens (tertiary/aromatic N) is 1. The molecule has 2 aromatic rings. The Morgan fingerprint density at radius 1 is 0.897 bits per heavy atom. The van der Waals surface area contributed by atoms with E-state index in [1.54, 1.807) is 0 Å². The Bertz CT molecular complexity index is 992. The molecule has 3 rings (SSSR count). The monoisotopic (exact) mass is 390 g/mol. The maximum Gasteiger partial charge on any atom is 0.278 e. The van der Waals surface area contributed by atoms with E-state index >= 15 is 0 Å². The summed E-state index contributed by atoms with van der Waals surface area (Å²) in [6.45, 7) is 14.2. The standard InChI is InChI=1S/C25H30N2O2/c1-15(2)27-23(28)21(20-13-8-16(3)14-17(20)4)22(24(27)29)26-19-11-9-18(10-12-19)25(5,6)7/h8-15,26H,1-7H3. The molecule has 0 unspecified atom stereocenters. The van der Waals surface area contributed by atoms with Gasteiger partial charge < -0.3 is 5.32 Å². The van der Waals surface area contributed by atoms with Crippen LogP contribution in [0.15, 0.2) is 48.2 Å². The lowest BCUT2D eigenvalue weighted by Crippen LogP contribution is -2.38. The maximum absolute atomic E-state index is 13.2. The van der Waals surface area contributed by atoms with Crippen LogP contribution in [0.4, 0.5) is 5.69 Å². The Balaban J connectivity index is 2.08. The molecule has 1 aliphatic heterocycles. The summed E-state index contributed by atoms with van der Waals surface area (Å²) >= 11 is 0. The molecule has 29 heavy (non-hydrogen) atoms. The molecule has 4 heteroatoms. The van der Waals surface area contributed by atoms with Gasteiger partial charge in [-0.25, -0.2) is 0 Å². The number of carbonyl (C=O) groups excluding carboxylic acids is 2. The van der Waals surface area contributed by atoms with Gasteiger partial charge in [-0.2, -0.15) is 0 Å². The molecule has 0 radical (unpaired) electrons. The molecule has 0 aromatic heterocycles. The number of nitrogens with one attached hydrogen (secondary N) is 1. The van der Waals surface area contributed by atoms with E-state index in [1.807, 2.05) is 58.0 Å². The fourth-order valence-corrected chi connectivity index (χ4v) is 3.67. The molecule has 0 bridgehead atoms. The lowest BCUT2D eigenvalue weighted by atomic mass is 9.87. The van der Waals surface area contributed by atoms with Crippen molar-refractivity contribution in [1.82, 2.24) is 4.90 Å². The van der Waals surface area contributed by atoms with E-state index in [4.69, 9.17) is 0 Å². The predicted octanol–water partition coefficient (Wildman–Crippen LogP) is 5.20. The Labute approximate surface area is 173 Å². The Morgan fingerprint density at radius 3 is 2.03 bits per heavy atom. The highest BCUT2D eigenvalue weighted by Gasteiger charge is 2.41. The topological polar surface area (TPSA) is 49.4 Å². The van der Waals surface area contributed by atoms with E-state index in [0.717, 1.165) is 22.4 Å². The van der Waals surface area contributed by atoms with Gasteiger partial charge in [0.2, 0.25) is 0 Å². The Hall–Kier alpha value is -2.88. The van der Waals surface area contributed by atoms with Gasteiger partial charge in [-0.15, -0.1) is 0 Å². The van der Waals surface area contributed by atoms with E-state index in [1.165, 1.54) is 10.5 Å². The van der Waals surface area contributed by atoms with Crippen LogP contribution in [-0.2, 0) is 15.0 Å². The van der Waals surface area contributed by atoms with Crippen molar-refractivity contribution in [1.29, 1.82) is 0 Å². The van der Waals surface area contributed by atoms with E-state index < -0.39 is 0 Å². The van der Waals surface area contributed by atoms with Gasteiger partial charge in [0.15, 0.2) is 0 Å². The molecule has 0 spiro atoms. The minimum absolute atomic E-state index is 0.0511. The molecule has 2 amide bonds. The van der Waals surface area contributed by atoms with Crippen molar-refractivity contribution in [2.75, 3.05) is 5.32 Å². The normalized spacial score (nSPS) is 15.0. The molecule has 0 fully saturated rings. The van der Waals surface area contributed by atoms with Gasteiger partial charge in [0.05, 0.1) is 5.57 Å². The molecule has 0 saturated heterocycles. The molecule has 1 aliphatic rings. The first kappa shape index (κ1) is 20.8. The summed E-state index contributed by atoms with van der Waals surface area (Å²) in [4.78, 5) is 27.7. The molecule has 1 heterocycles. The van der Waals surface area contributed by atoms with Crippen LogP contribution in [0.25, 0.3) is 5.57 Å². The first-order chi connectivity index (χ1) is 13.5. The van der Waals surface area contributed by atoms with E-state index in [9.17, 15) is 9.59 Å². The van der Waals surface area contributed by atoms with Crippen molar-refractivity contribution < 1.29 is 9.59 Å². The minimum Gasteiger partial charge on any atom is -0.350 e. The smallest absolute Gasteiger partial charge is 0.278 e. The second-order valence-electron chi connectivity index (χ2n) is 9.09. The number of imide groups is 1. The van der Waals surface area contributed by atoms with Crippen molar-refractivity contribution >= 4 is 23.1 Å². The van der Waals surface area contributed by atoms with Crippen molar-refractivity contribution in [3.63, 3.8) is 0 Å². The average Bonchev–Trinajstić information content (AvgIpc) is 2.85. The first-order valence-electron chi connectivity index (χ1n) is 10.1. The van der Waals surface area contributed by atoms with Crippen LogP contribution in [0.1, 0.15) is 56.9 Å². The summed E-state index contributed by atoms with van der Waals surface area (Å²) in [6, 6.07) is 13.8. The second-order valence-corrected chi connectivity index (χ2v) is 9.09. The third-order valence-electron chi connectivity index (χ3n) is 5.30. The van der Waals surface area contributed by atoms with E-state index in [0.29, 0.717) is 11.3 Å². The SMILES string of the molecule is Cc1ccc(C2=C(Nc3ccc(C(C)(C)C)cc3)C(=O)N(C(C)C)C2=O)c(C)c1. The van der Waals surface area contributed by atoms with Crippen LogP contribution in [0.3, 0.4) is 0 Å². The van der Waals surface area contributed by atoms with Gasteiger partial charge in [-0.3, -0.25) is 14.5 Å². The third kappa shape index (κ3) is 3.98. The molecule has 1 N–H and O–H groups in total. The van der Waals surface area contributed by atoms with Crippen LogP contribution in [0.5, 0.6) is 0 Å². The number of aryl methyl sites for hydroxylation is 2. The molecule has 0 atom stereocenters. The van der Waals surface area contributed by atoms with E-state index in [2.05, 4.69) is 38.2 Å². The first-order valence-corrected chi connectivity index (χ1v) is 10.1. The summed E-state index contributed by atoms with van der Waals surface area (Å²) in [5, 5.41) is 3.24. The van der Waals surface area contributed by atoms with Crippen molar-refractivity contribution in [2.45, 2.75) is 59.9 Å². The van der Waals surface area contributed by atoms with Gasteiger partial charge in [-0.1, -0.05) is 56.7 Å². The van der Waals surface area contributed by atoms with Crippen LogP contribution in [0.2, 0.25) is 0 Å². The van der Waals surface area contributed by atoms with Crippen molar-refractivity contribution in [3.05, 3.63) is 70.4 Å². The summed E-state index contributed by atoms with van der Waals surface area (Å²) in [5.41, 5.74) is 5.75. The lowest BCUT2D eigenvalue weighted by molar-refractivity contribution is -0.138. The van der Waals surface area contributed by atoms with Crippen molar-refractivity contribution in [3.8, 4) is 0 Å². The molecule has 0 aliphatic carbocycles. The molecule has 2 aromatic carbocycles. The average molecular weight is 391 g/mol. The number of benzene rings is 2. The fourth-order valence-electron chi connectivity index (χ4n) is 3.67. The fraction of sp³-hybridized carbons (Fsp3) is 0.360. The van der Waals surface area contributed by atoms with Crippen LogP contribution in [0, 0.1) is 13.8 Å². The molecule has 4 nitrogen and oxygen atoms in total. The van der Waals surface area contributed by atoms with Gasteiger partial charge in [0, 0.05) is 11.7 Å². The summed E-state index contributed by atoms with van der Waals surface area (Å²) in [6.07, 6.45) is 0. The number of anilines is 1. The molecular weight excluding hydrogens is 360 g/mol. The molecular formula is C25H30N2O2. The lowest BCUT2D eigenvalue weighted by Gasteiger charge is -2.20. The summed E-state index contributed by atoms with van der Waals surface area (Å²) < 4.78 is 0. The highest BCUT2D eigenvalue weighted by molar-refractivity contribution is 6.36. The molecule has 0 saturated carbocycles. The number of hydrogen-bond acceptors (Lipinski definition) is 3.